The van der Waals surface area contributed by atoms with E-state index in [-0.39, 0.29) is 18.3 Å². The number of amides is 1. The molecule has 0 aliphatic heterocycles. The Morgan fingerprint density at radius 3 is 2.88 bits per heavy atom. The average Bonchev–Trinajstić information content (AvgIpc) is 2.98. The van der Waals surface area contributed by atoms with Gasteiger partial charge in [0.05, 0.1) is 19.7 Å². The molecule has 0 saturated heterocycles. The summed E-state index contributed by atoms with van der Waals surface area (Å²) in [5, 5.41) is 3.92. The molecular formula is C17H19N5O2. The quantitative estimate of drug-likeness (QED) is 0.751. The molecule has 0 fully saturated rings. The fraction of sp³-hybridized carbons (Fsp3) is 0.235. The van der Waals surface area contributed by atoms with Gasteiger partial charge in [-0.05, 0) is 11.6 Å². The summed E-state index contributed by atoms with van der Waals surface area (Å²) in [5.41, 5.74) is 2.51. The number of nitrogens with zero attached hydrogens (tertiary/aromatic N) is 3. The first kappa shape index (κ1) is 15.8. The Morgan fingerprint density at radius 1 is 1.33 bits per heavy atom. The van der Waals surface area contributed by atoms with Crippen LogP contribution in [0.1, 0.15) is 5.56 Å². The van der Waals surface area contributed by atoms with Crippen LogP contribution in [0.2, 0.25) is 0 Å². The third-order valence-corrected chi connectivity index (χ3v) is 3.65. The number of rotatable bonds is 5. The molecule has 0 saturated carbocycles. The molecule has 0 spiro atoms. The number of hydrogen-bond donors (Lipinski definition) is 2. The number of para-hydroxylation sites is 1. The number of H-pyrrole nitrogens is 1. The highest BCUT2D eigenvalue weighted by Crippen LogP contribution is 2.24. The SMILES string of the molecule is COc1ncc(NC(=O)Cc2c[nH]c3ccccc23)c(N(C)C)n1. The molecule has 0 aliphatic rings. The van der Waals surface area contributed by atoms with Crippen LogP contribution in [0.5, 0.6) is 6.01 Å². The van der Waals surface area contributed by atoms with E-state index in [9.17, 15) is 4.79 Å². The topological polar surface area (TPSA) is 83.1 Å². The number of benzene rings is 1. The van der Waals surface area contributed by atoms with Crippen molar-refractivity contribution < 1.29 is 9.53 Å². The van der Waals surface area contributed by atoms with Crippen LogP contribution in [0.3, 0.4) is 0 Å². The van der Waals surface area contributed by atoms with E-state index in [0.717, 1.165) is 16.5 Å². The number of aromatic nitrogens is 3. The summed E-state index contributed by atoms with van der Waals surface area (Å²) in [4.78, 5) is 25.7. The van der Waals surface area contributed by atoms with Crippen LogP contribution in [-0.2, 0) is 11.2 Å². The normalized spacial score (nSPS) is 10.6. The molecule has 1 amide bonds. The van der Waals surface area contributed by atoms with E-state index in [4.69, 9.17) is 4.74 Å². The van der Waals surface area contributed by atoms with Crippen molar-refractivity contribution in [3.8, 4) is 6.01 Å². The molecule has 7 nitrogen and oxygen atoms in total. The Morgan fingerprint density at radius 2 is 2.12 bits per heavy atom. The lowest BCUT2D eigenvalue weighted by Crippen LogP contribution is -2.19. The summed E-state index contributed by atoms with van der Waals surface area (Å²) in [6.45, 7) is 0. The number of carbonyl (C=O) groups excluding carboxylic acids is 1. The maximum atomic E-state index is 12.4. The molecular weight excluding hydrogens is 306 g/mol. The highest BCUT2D eigenvalue weighted by molar-refractivity contribution is 5.97. The van der Waals surface area contributed by atoms with Gasteiger partial charge in [-0.2, -0.15) is 4.98 Å². The molecule has 0 radical (unpaired) electrons. The number of hydrogen-bond acceptors (Lipinski definition) is 5. The maximum Gasteiger partial charge on any atom is 0.318 e. The number of ether oxygens (including phenoxy) is 1. The molecule has 2 aromatic heterocycles. The fourth-order valence-corrected chi connectivity index (χ4v) is 2.53. The van der Waals surface area contributed by atoms with E-state index >= 15 is 0 Å². The minimum Gasteiger partial charge on any atom is -0.467 e. The van der Waals surface area contributed by atoms with Crippen LogP contribution >= 0.6 is 0 Å². The van der Waals surface area contributed by atoms with Gasteiger partial charge in [0.1, 0.15) is 5.69 Å². The monoisotopic (exact) mass is 325 g/mol. The van der Waals surface area contributed by atoms with Gasteiger partial charge >= 0.3 is 6.01 Å². The van der Waals surface area contributed by atoms with Gasteiger partial charge in [-0.25, -0.2) is 4.98 Å². The number of fused-ring (bicyclic) bond motifs is 1. The van der Waals surface area contributed by atoms with Crippen LogP contribution in [0, 0.1) is 0 Å². The van der Waals surface area contributed by atoms with Gasteiger partial charge in [-0.3, -0.25) is 4.79 Å². The maximum absolute atomic E-state index is 12.4. The second-order valence-electron chi connectivity index (χ2n) is 5.57. The van der Waals surface area contributed by atoms with Crippen molar-refractivity contribution in [2.24, 2.45) is 0 Å². The molecule has 0 atom stereocenters. The van der Waals surface area contributed by atoms with E-state index in [1.54, 1.807) is 11.1 Å². The minimum absolute atomic E-state index is 0.128. The van der Waals surface area contributed by atoms with Crippen molar-refractivity contribution in [2.75, 3.05) is 31.4 Å². The zero-order valence-corrected chi connectivity index (χ0v) is 13.8. The number of methoxy groups -OCH3 is 1. The van der Waals surface area contributed by atoms with Crippen LogP contribution in [-0.4, -0.2) is 42.1 Å². The van der Waals surface area contributed by atoms with Gasteiger partial charge in [0.15, 0.2) is 5.82 Å². The predicted octanol–water partition coefficient (Wildman–Crippen LogP) is 2.21. The smallest absolute Gasteiger partial charge is 0.318 e. The molecule has 0 unspecified atom stereocenters. The summed E-state index contributed by atoms with van der Waals surface area (Å²) in [6, 6.07) is 8.15. The number of carbonyl (C=O) groups is 1. The Balaban J connectivity index is 1.80. The third-order valence-electron chi connectivity index (χ3n) is 3.65. The summed E-state index contributed by atoms with van der Waals surface area (Å²) in [7, 11) is 5.19. The standard InChI is InChI=1S/C17H19N5O2/c1-22(2)16-14(10-19-17(21-16)24-3)20-15(23)8-11-9-18-13-7-5-4-6-12(11)13/h4-7,9-10,18H,8H2,1-3H3,(H,20,23). The van der Waals surface area contributed by atoms with Crippen molar-refractivity contribution in [3.63, 3.8) is 0 Å². The summed E-state index contributed by atoms with van der Waals surface area (Å²) < 4.78 is 5.03. The summed E-state index contributed by atoms with van der Waals surface area (Å²) in [6.07, 6.45) is 3.68. The predicted molar refractivity (Wildman–Crippen MR) is 93.5 cm³/mol. The Labute approximate surface area is 139 Å². The second-order valence-corrected chi connectivity index (χ2v) is 5.57. The van der Waals surface area contributed by atoms with Crippen LogP contribution < -0.4 is 15.0 Å². The van der Waals surface area contributed by atoms with Crippen molar-refractivity contribution in [2.45, 2.75) is 6.42 Å². The minimum atomic E-state index is -0.128. The van der Waals surface area contributed by atoms with E-state index in [2.05, 4.69) is 20.3 Å². The molecule has 2 N–H and O–H groups in total. The highest BCUT2D eigenvalue weighted by atomic mass is 16.5. The molecule has 3 aromatic rings. The molecule has 2 heterocycles. The zero-order valence-electron chi connectivity index (χ0n) is 13.8. The van der Waals surface area contributed by atoms with Crippen LogP contribution in [0.15, 0.2) is 36.7 Å². The van der Waals surface area contributed by atoms with Gasteiger partial charge in [-0.15, -0.1) is 0 Å². The molecule has 124 valence electrons. The number of nitrogens with one attached hydrogen (secondary N) is 2. The lowest BCUT2D eigenvalue weighted by Gasteiger charge is -2.16. The van der Waals surface area contributed by atoms with E-state index in [1.807, 2.05) is 44.6 Å². The molecule has 1 aromatic carbocycles. The van der Waals surface area contributed by atoms with Gasteiger partial charge in [0, 0.05) is 31.2 Å². The van der Waals surface area contributed by atoms with Crippen LogP contribution in [0.25, 0.3) is 10.9 Å². The number of aromatic amines is 1. The Kier molecular flexibility index (Phi) is 4.33. The van der Waals surface area contributed by atoms with Crippen molar-refractivity contribution in [1.82, 2.24) is 15.0 Å². The second kappa shape index (κ2) is 6.57. The lowest BCUT2D eigenvalue weighted by molar-refractivity contribution is -0.115. The van der Waals surface area contributed by atoms with E-state index < -0.39 is 0 Å². The Hall–Kier alpha value is -3.09. The highest BCUT2D eigenvalue weighted by Gasteiger charge is 2.14. The molecule has 24 heavy (non-hydrogen) atoms. The van der Waals surface area contributed by atoms with Crippen molar-refractivity contribution in [3.05, 3.63) is 42.2 Å². The molecule has 3 rings (SSSR count). The number of anilines is 2. The van der Waals surface area contributed by atoms with Crippen molar-refractivity contribution in [1.29, 1.82) is 0 Å². The molecule has 7 heteroatoms. The zero-order chi connectivity index (χ0) is 17.1. The molecule has 0 bridgehead atoms. The average molecular weight is 325 g/mol. The van der Waals surface area contributed by atoms with Gasteiger partial charge in [0.25, 0.3) is 0 Å². The van der Waals surface area contributed by atoms with Gasteiger partial charge in [0.2, 0.25) is 5.91 Å². The first-order valence-electron chi connectivity index (χ1n) is 7.51. The summed E-state index contributed by atoms with van der Waals surface area (Å²) >= 11 is 0. The first-order chi connectivity index (χ1) is 11.6. The molecule has 0 aliphatic carbocycles. The largest absolute Gasteiger partial charge is 0.467 e. The fourth-order valence-electron chi connectivity index (χ4n) is 2.53. The first-order valence-corrected chi connectivity index (χ1v) is 7.51. The van der Waals surface area contributed by atoms with Crippen molar-refractivity contribution >= 4 is 28.3 Å². The van der Waals surface area contributed by atoms with Gasteiger partial charge < -0.3 is 19.9 Å². The third kappa shape index (κ3) is 3.15. The lowest BCUT2D eigenvalue weighted by atomic mass is 10.1. The van der Waals surface area contributed by atoms with E-state index in [0.29, 0.717) is 11.5 Å². The Bertz CT molecular complexity index is 872. The van der Waals surface area contributed by atoms with E-state index in [1.165, 1.54) is 7.11 Å². The van der Waals surface area contributed by atoms with Gasteiger partial charge in [-0.1, -0.05) is 18.2 Å². The van der Waals surface area contributed by atoms with Crippen LogP contribution in [0.4, 0.5) is 11.5 Å². The summed E-state index contributed by atoms with van der Waals surface area (Å²) in [5.74, 6) is 0.464.